The van der Waals surface area contributed by atoms with Gasteiger partial charge < -0.3 is 15.2 Å². The average Bonchev–Trinajstić information content (AvgIpc) is 1.95. The fraction of sp³-hybridized carbons (Fsp3) is 0.889. The molecule has 0 aromatic carbocycles. The summed E-state index contributed by atoms with van der Waals surface area (Å²) in [4.78, 5) is 0. The second-order valence-corrected chi connectivity index (χ2v) is 3.93. The number of nitrogens with one attached hydrogen (secondary N) is 1. The predicted octanol–water partition coefficient (Wildman–Crippen LogP) is 1.14. The Hall–Kier alpha value is -0.610. The second kappa shape index (κ2) is 5.19. The fourth-order valence-electron chi connectivity index (χ4n) is 0.663. The zero-order chi connectivity index (χ0) is 10.5. The van der Waals surface area contributed by atoms with Crippen molar-refractivity contribution in [2.24, 2.45) is 5.73 Å². The Kier molecular flexibility index (Phi) is 4.95. The highest BCUT2D eigenvalue weighted by molar-refractivity contribution is 5.81. The van der Waals surface area contributed by atoms with Crippen LogP contribution in [0.2, 0.25) is 0 Å². The quantitative estimate of drug-likeness (QED) is 0.386. The van der Waals surface area contributed by atoms with Crippen LogP contribution in [0.4, 0.5) is 0 Å². The summed E-state index contributed by atoms with van der Waals surface area (Å²) in [7, 11) is 0. The Labute approximate surface area is 79.9 Å². The van der Waals surface area contributed by atoms with Gasteiger partial charge in [-0.05, 0) is 27.7 Å². The van der Waals surface area contributed by atoms with E-state index in [1.54, 1.807) is 6.92 Å². The maximum Gasteiger partial charge on any atom is 0.120 e. The molecule has 0 spiro atoms. The van der Waals surface area contributed by atoms with Crippen molar-refractivity contribution in [3.63, 3.8) is 0 Å². The molecule has 13 heavy (non-hydrogen) atoms. The van der Waals surface area contributed by atoms with Crippen LogP contribution in [0.5, 0.6) is 0 Å². The monoisotopic (exact) mass is 188 g/mol. The lowest BCUT2D eigenvalue weighted by Gasteiger charge is -2.20. The summed E-state index contributed by atoms with van der Waals surface area (Å²) in [6.45, 7) is 8.71. The molecule has 0 aliphatic carbocycles. The molecule has 0 aromatic heterocycles. The zero-order valence-electron chi connectivity index (χ0n) is 8.89. The molecule has 1 unspecified atom stereocenters. The van der Waals surface area contributed by atoms with Gasteiger partial charge in [0.15, 0.2) is 0 Å². The molecule has 0 aliphatic heterocycles. The third kappa shape index (κ3) is 7.74. The van der Waals surface area contributed by atoms with Crippen LogP contribution in [-0.4, -0.2) is 30.8 Å². The highest BCUT2D eigenvalue weighted by atomic mass is 16.5. The number of amidine groups is 1. The number of hydrogen-bond donors (Lipinski definition) is 2. The summed E-state index contributed by atoms with van der Waals surface area (Å²) in [5.74, 6) is 0.0516. The van der Waals surface area contributed by atoms with Crippen LogP contribution in [0.25, 0.3) is 0 Å². The van der Waals surface area contributed by atoms with Crippen LogP contribution in [-0.2, 0) is 9.47 Å². The first-order chi connectivity index (χ1) is 5.83. The van der Waals surface area contributed by atoms with Gasteiger partial charge in [-0.1, -0.05) is 0 Å². The van der Waals surface area contributed by atoms with Gasteiger partial charge in [-0.3, -0.25) is 5.41 Å². The molecule has 4 nitrogen and oxygen atoms in total. The van der Waals surface area contributed by atoms with Crippen LogP contribution in [0.15, 0.2) is 0 Å². The van der Waals surface area contributed by atoms with Crippen LogP contribution >= 0.6 is 0 Å². The van der Waals surface area contributed by atoms with Crippen LogP contribution in [0.3, 0.4) is 0 Å². The van der Waals surface area contributed by atoms with E-state index >= 15 is 0 Å². The van der Waals surface area contributed by atoms with Gasteiger partial charge in [0.25, 0.3) is 0 Å². The molecule has 0 bridgehead atoms. The minimum absolute atomic E-state index is 0.0516. The molecule has 4 heteroatoms. The smallest absolute Gasteiger partial charge is 0.120 e. The van der Waals surface area contributed by atoms with E-state index < -0.39 is 0 Å². The molecular weight excluding hydrogens is 168 g/mol. The van der Waals surface area contributed by atoms with E-state index in [-0.39, 0.29) is 17.5 Å². The van der Waals surface area contributed by atoms with Crippen molar-refractivity contribution < 1.29 is 9.47 Å². The molecular formula is C9H20N2O2. The Morgan fingerprint density at radius 1 is 1.38 bits per heavy atom. The maximum atomic E-state index is 7.07. The van der Waals surface area contributed by atoms with E-state index in [1.807, 2.05) is 20.8 Å². The van der Waals surface area contributed by atoms with Crippen LogP contribution < -0.4 is 5.73 Å². The van der Waals surface area contributed by atoms with Gasteiger partial charge in [-0.15, -0.1) is 0 Å². The minimum Gasteiger partial charge on any atom is -0.385 e. The van der Waals surface area contributed by atoms with Crippen LogP contribution in [0.1, 0.15) is 27.7 Å². The molecule has 0 fully saturated rings. The van der Waals surface area contributed by atoms with Gasteiger partial charge in [-0.25, -0.2) is 0 Å². The van der Waals surface area contributed by atoms with E-state index in [0.29, 0.717) is 13.2 Å². The number of hydrogen-bond acceptors (Lipinski definition) is 3. The first kappa shape index (κ1) is 12.4. The minimum atomic E-state index is -0.316. The Morgan fingerprint density at radius 2 is 1.92 bits per heavy atom. The average molecular weight is 188 g/mol. The third-order valence-corrected chi connectivity index (χ3v) is 1.42. The molecule has 0 saturated heterocycles. The van der Waals surface area contributed by atoms with Crippen molar-refractivity contribution in [3.05, 3.63) is 0 Å². The van der Waals surface area contributed by atoms with Gasteiger partial charge >= 0.3 is 0 Å². The lowest BCUT2D eigenvalue weighted by Crippen LogP contribution is -2.30. The van der Waals surface area contributed by atoms with E-state index in [2.05, 4.69) is 0 Å². The van der Waals surface area contributed by atoms with E-state index in [1.165, 1.54) is 0 Å². The highest BCUT2D eigenvalue weighted by Crippen LogP contribution is 2.05. The molecule has 0 rings (SSSR count). The van der Waals surface area contributed by atoms with Gasteiger partial charge in [-0.2, -0.15) is 0 Å². The highest BCUT2D eigenvalue weighted by Gasteiger charge is 2.10. The molecule has 0 heterocycles. The molecule has 0 aromatic rings. The molecule has 78 valence electrons. The summed E-state index contributed by atoms with van der Waals surface area (Å²) in [5.41, 5.74) is 5.09. The standard InChI is InChI=1S/C9H20N2O2/c1-7(8(10)11)12-5-6-13-9(2,3)4/h7H,5-6H2,1-4H3,(H3,10,11). The number of nitrogens with two attached hydrogens (primary N) is 1. The molecule has 0 amide bonds. The van der Waals surface area contributed by atoms with Gasteiger partial charge in [0.2, 0.25) is 0 Å². The first-order valence-corrected chi connectivity index (χ1v) is 4.42. The molecule has 1 atom stereocenters. The summed E-state index contributed by atoms with van der Waals surface area (Å²) >= 11 is 0. The summed E-state index contributed by atoms with van der Waals surface area (Å²) < 4.78 is 10.6. The summed E-state index contributed by atoms with van der Waals surface area (Å²) in [5, 5.41) is 7.07. The number of ether oxygens (including phenoxy) is 2. The Bertz CT molecular complexity index is 163. The molecule has 0 aliphatic rings. The first-order valence-electron chi connectivity index (χ1n) is 4.42. The Balaban J connectivity index is 3.41. The third-order valence-electron chi connectivity index (χ3n) is 1.42. The van der Waals surface area contributed by atoms with Crippen molar-refractivity contribution in [2.45, 2.75) is 39.4 Å². The lowest BCUT2D eigenvalue weighted by atomic mass is 10.2. The molecule has 0 saturated carbocycles. The second-order valence-electron chi connectivity index (χ2n) is 3.93. The predicted molar refractivity (Wildman–Crippen MR) is 53.0 cm³/mol. The van der Waals surface area contributed by atoms with Gasteiger partial charge in [0.1, 0.15) is 11.9 Å². The van der Waals surface area contributed by atoms with Crippen molar-refractivity contribution in [1.29, 1.82) is 5.41 Å². The maximum absolute atomic E-state index is 7.07. The largest absolute Gasteiger partial charge is 0.385 e. The normalized spacial score (nSPS) is 14.2. The topological polar surface area (TPSA) is 68.3 Å². The number of rotatable bonds is 5. The van der Waals surface area contributed by atoms with Crippen molar-refractivity contribution >= 4 is 5.84 Å². The summed E-state index contributed by atoms with van der Waals surface area (Å²) in [6, 6.07) is 0. The Morgan fingerprint density at radius 3 is 2.31 bits per heavy atom. The van der Waals surface area contributed by atoms with Crippen molar-refractivity contribution in [1.82, 2.24) is 0 Å². The summed E-state index contributed by atoms with van der Waals surface area (Å²) in [6.07, 6.45) is -0.316. The zero-order valence-corrected chi connectivity index (χ0v) is 8.89. The lowest BCUT2D eigenvalue weighted by molar-refractivity contribution is -0.0395. The molecule has 0 radical (unpaired) electrons. The van der Waals surface area contributed by atoms with Crippen molar-refractivity contribution in [2.75, 3.05) is 13.2 Å². The van der Waals surface area contributed by atoms with E-state index in [0.717, 1.165) is 0 Å². The van der Waals surface area contributed by atoms with Crippen molar-refractivity contribution in [3.8, 4) is 0 Å². The fourth-order valence-corrected chi connectivity index (χ4v) is 0.663. The van der Waals surface area contributed by atoms with Crippen LogP contribution in [0, 0.1) is 5.41 Å². The van der Waals surface area contributed by atoms with E-state index in [4.69, 9.17) is 20.6 Å². The molecule has 3 N–H and O–H groups in total. The van der Waals surface area contributed by atoms with Gasteiger partial charge in [0.05, 0.1) is 18.8 Å². The van der Waals surface area contributed by atoms with Gasteiger partial charge in [0, 0.05) is 0 Å². The SMILES string of the molecule is CC(OCCOC(C)(C)C)C(=N)N. The van der Waals surface area contributed by atoms with E-state index in [9.17, 15) is 0 Å².